The van der Waals surface area contributed by atoms with Crippen molar-refractivity contribution in [1.29, 1.82) is 0 Å². The number of Topliss-reactive ketones (excluding diaryl/α,β-unsaturated/α-hetero) is 1. The molecular formula is C18H18O2S2. The van der Waals surface area contributed by atoms with Gasteiger partial charge in [0.1, 0.15) is 0 Å². The first-order valence-corrected chi connectivity index (χ1v) is 9.43. The highest BCUT2D eigenvalue weighted by molar-refractivity contribution is 8.17. The highest BCUT2D eigenvalue weighted by atomic mass is 32.2. The number of aliphatic hydroxyl groups is 1. The van der Waals surface area contributed by atoms with Crippen LogP contribution in [0.15, 0.2) is 60.7 Å². The van der Waals surface area contributed by atoms with Crippen LogP contribution in [0.1, 0.15) is 22.3 Å². The van der Waals surface area contributed by atoms with Crippen LogP contribution >= 0.6 is 23.5 Å². The third-order valence-electron chi connectivity index (χ3n) is 3.76. The van der Waals surface area contributed by atoms with E-state index in [2.05, 4.69) is 0 Å². The minimum atomic E-state index is -1.49. The molecule has 22 heavy (non-hydrogen) atoms. The molecule has 0 aliphatic carbocycles. The molecule has 1 unspecified atom stereocenters. The first kappa shape index (κ1) is 15.7. The van der Waals surface area contributed by atoms with Crippen LogP contribution in [-0.2, 0) is 5.60 Å². The number of hydrogen-bond acceptors (Lipinski definition) is 4. The molecule has 0 spiro atoms. The van der Waals surface area contributed by atoms with E-state index in [-0.39, 0.29) is 10.4 Å². The summed E-state index contributed by atoms with van der Waals surface area (Å²) in [6, 6.07) is 18.4. The third kappa shape index (κ3) is 2.96. The van der Waals surface area contributed by atoms with Gasteiger partial charge in [0.15, 0.2) is 5.60 Å². The Balaban J connectivity index is 2.04. The highest BCUT2D eigenvalue weighted by Gasteiger charge is 2.47. The maximum absolute atomic E-state index is 13.1. The van der Waals surface area contributed by atoms with Crippen molar-refractivity contribution in [2.45, 2.75) is 16.6 Å². The topological polar surface area (TPSA) is 37.3 Å². The number of carbonyl (C=O) groups excluding carboxylic acids is 1. The Morgan fingerprint density at radius 1 is 0.955 bits per heavy atom. The molecule has 1 atom stereocenters. The Morgan fingerprint density at radius 3 is 2.09 bits per heavy atom. The van der Waals surface area contributed by atoms with Crippen molar-refractivity contribution < 1.29 is 9.90 Å². The molecule has 1 aliphatic rings. The van der Waals surface area contributed by atoms with Crippen LogP contribution in [0.5, 0.6) is 0 Å². The Kier molecular flexibility index (Phi) is 4.91. The zero-order valence-electron chi connectivity index (χ0n) is 12.1. The predicted molar refractivity (Wildman–Crippen MR) is 94.4 cm³/mol. The van der Waals surface area contributed by atoms with Crippen LogP contribution in [0.25, 0.3) is 0 Å². The van der Waals surface area contributed by atoms with Gasteiger partial charge in [-0.15, -0.1) is 23.5 Å². The van der Waals surface area contributed by atoms with Gasteiger partial charge in [0.05, 0.1) is 4.58 Å². The van der Waals surface area contributed by atoms with Crippen LogP contribution in [0.2, 0.25) is 0 Å². The van der Waals surface area contributed by atoms with Crippen molar-refractivity contribution in [1.82, 2.24) is 0 Å². The van der Waals surface area contributed by atoms with Crippen LogP contribution in [0, 0.1) is 0 Å². The summed E-state index contributed by atoms with van der Waals surface area (Å²) in [7, 11) is 0. The maximum Gasteiger partial charge on any atom is 0.200 e. The van der Waals surface area contributed by atoms with Gasteiger partial charge >= 0.3 is 0 Å². The molecule has 2 nitrogen and oxygen atoms in total. The molecule has 0 aromatic heterocycles. The summed E-state index contributed by atoms with van der Waals surface area (Å²) in [5, 5.41) is 11.4. The molecule has 0 saturated carbocycles. The first-order chi connectivity index (χ1) is 10.7. The molecule has 114 valence electrons. The number of thioether (sulfide) groups is 2. The molecule has 1 aliphatic heterocycles. The fourth-order valence-electron chi connectivity index (χ4n) is 2.61. The largest absolute Gasteiger partial charge is 0.375 e. The molecule has 1 saturated heterocycles. The molecule has 3 rings (SSSR count). The van der Waals surface area contributed by atoms with Gasteiger partial charge in [0, 0.05) is 5.56 Å². The van der Waals surface area contributed by atoms with Gasteiger partial charge in [0.2, 0.25) is 5.78 Å². The van der Waals surface area contributed by atoms with Crippen molar-refractivity contribution in [3.63, 3.8) is 0 Å². The smallest absolute Gasteiger partial charge is 0.200 e. The van der Waals surface area contributed by atoms with Gasteiger partial charge in [-0.05, 0) is 23.5 Å². The van der Waals surface area contributed by atoms with Gasteiger partial charge < -0.3 is 5.11 Å². The summed E-state index contributed by atoms with van der Waals surface area (Å²) in [5.41, 5.74) is -0.255. The van der Waals surface area contributed by atoms with E-state index in [9.17, 15) is 9.90 Å². The number of rotatable bonds is 4. The average molecular weight is 330 g/mol. The van der Waals surface area contributed by atoms with Gasteiger partial charge in [-0.1, -0.05) is 60.7 Å². The monoisotopic (exact) mass is 330 g/mol. The minimum Gasteiger partial charge on any atom is -0.375 e. The molecule has 4 heteroatoms. The summed E-state index contributed by atoms with van der Waals surface area (Å²) in [6.07, 6.45) is 1.12. The second-order valence-corrected chi connectivity index (χ2v) is 7.98. The molecule has 1 heterocycles. The van der Waals surface area contributed by atoms with Crippen LogP contribution in [-0.4, -0.2) is 27.0 Å². The lowest BCUT2D eigenvalue weighted by molar-refractivity contribution is 0.0380. The average Bonchev–Trinajstić information content (AvgIpc) is 2.62. The van der Waals surface area contributed by atoms with Crippen molar-refractivity contribution in [2.24, 2.45) is 0 Å². The summed E-state index contributed by atoms with van der Waals surface area (Å²) < 4.78 is -0.170. The van der Waals surface area contributed by atoms with Crippen LogP contribution in [0.4, 0.5) is 0 Å². The third-order valence-corrected chi connectivity index (χ3v) is 6.92. The highest BCUT2D eigenvalue weighted by Crippen LogP contribution is 2.44. The Morgan fingerprint density at radius 2 is 1.50 bits per heavy atom. The molecule has 2 aromatic rings. The van der Waals surface area contributed by atoms with E-state index in [1.807, 2.05) is 48.5 Å². The van der Waals surface area contributed by atoms with E-state index < -0.39 is 5.60 Å². The SMILES string of the molecule is O=C(c1ccccc1)C(O)(c1ccccc1)C1SCCCS1. The number of benzene rings is 2. The standard InChI is InChI=1S/C18H18O2S2/c19-16(14-8-3-1-4-9-14)18(20,15-10-5-2-6-11-15)17-21-12-7-13-22-17/h1-6,8-11,17,20H,7,12-13H2. The molecule has 1 fully saturated rings. The molecule has 2 aromatic carbocycles. The lowest BCUT2D eigenvalue weighted by Gasteiger charge is -2.36. The van der Waals surface area contributed by atoms with E-state index in [4.69, 9.17) is 0 Å². The minimum absolute atomic E-state index is 0.170. The van der Waals surface area contributed by atoms with Crippen LogP contribution < -0.4 is 0 Å². The lowest BCUT2D eigenvalue weighted by Crippen LogP contribution is -2.45. The number of hydrogen-bond donors (Lipinski definition) is 1. The van der Waals surface area contributed by atoms with E-state index >= 15 is 0 Å². The lowest BCUT2D eigenvalue weighted by atomic mass is 9.87. The summed E-state index contributed by atoms with van der Waals surface area (Å²) in [6.45, 7) is 0. The Labute approximate surface area is 139 Å². The second kappa shape index (κ2) is 6.90. The first-order valence-electron chi connectivity index (χ1n) is 7.34. The van der Waals surface area contributed by atoms with E-state index in [1.165, 1.54) is 0 Å². The molecular weight excluding hydrogens is 312 g/mol. The normalized spacial score (nSPS) is 18.6. The summed E-state index contributed by atoms with van der Waals surface area (Å²) in [5.74, 6) is 1.75. The zero-order valence-corrected chi connectivity index (χ0v) is 13.8. The second-order valence-electron chi connectivity index (χ2n) is 5.25. The van der Waals surface area contributed by atoms with E-state index in [0.29, 0.717) is 11.1 Å². The summed E-state index contributed by atoms with van der Waals surface area (Å²) >= 11 is 3.36. The molecule has 1 N–H and O–H groups in total. The van der Waals surface area contributed by atoms with Crippen molar-refractivity contribution in [2.75, 3.05) is 11.5 Å². The van der Waals surface area contributed by atoms with Crippen molar-refractivity contribution in [3.05, 3.63) is 71.8 Å². The fourth-order valence-corrected chi connectivity index (χ4v) is 5.77. The van der Waals surface area contributed by atoms with Gasteiger partial charge in [-0.3, -0.25) is 4.79 Å². The number of carbonyl (C=O) groups is 1. The Bertz CT molecular complexity index is 624. The van der Waals surface area contributed by atoms with Gasteiger partial charge in [-0.25, -0.2) is 0 Å². The van der Waals surface area contributed by atoms with E-state index in [0.717, 1.165) is 17.9 Å². The number of ketones is 1. The molecule has 0 radical (unpaired) electrons. The van der Waals surface area contributed by atoms with Gasteiger partial charge in [-0.2, -0.15) is 0 Å². The quantitative estimate of drug-likeness (QED) is 0.861. The van der Waals surface area contributed by atoms with Gasteiger partial charge in [0.25, 0.3) is 0 Å². The molecule has 0 amide bonds. The van der Waals surface area contributed by atoms with Crippen molar-refractivity contribution in [3.8, 4) is 0 Å². The zero-order chi connectivity index (χ0) is 15.4. The predicted octanol–water partition coefficient (Wildman–Crippen LogP) is 3.95. The maximum atomic E-state index is 13.1. The summed E-state index contributed by atoms with van der Waals surface area (Å²) in [4.78, 5) is 13.1. The molecule has 0 bridgehead atoms. The van der Waals surface area contributed by atoms with Crippen LogP contribution in [0.3, 0.4) is 0 Å². The Hall–Kier alpha value is -1.23. The van der Waals surface area contributed by atoms with Crippen molar-refractivity contribution >= 4 is 29.3 Å². The fraction of sp³-hybridized carbons (Fsp3) is 0.278. The van der Waals surface area contributed by atoms with E-state index in [1.54, 1.807) is 35.7 Å².